The maximum absolute atomic E-state index is 12.4. The average Bonchev–Trinajstić information content (AvgIpc) is 3.10. The van der Waals surface area contributed by atoms with Gasteiger partial charge in [-0.15, -0.1) is 11.3 Å². The maximum Gasteiger partial charge on any atom is 0.315 e. The van der Waals surface area contributed by atoms with Gasteiger partial charge >= 0.3 is 6.03 Å². The van der Waals surface area contributed by atoms with Gasteiger partial charge in [0, 0.05) is 56.8 Å². The summed E-state index contributed by atoms with van der Waals surface area (Å²) in [5, 5.41) is 7.71. The number of amides is 3. The monoisotopic (exact) mass is 441 g/mol. The van der Waals surface area contributed by atoms with E-state index in [-0.39, 0.29) is 11.9 Å². The summed E-state index contributed by atoms with van der Waals surface area (Å²) >= 11 is 1.76. The lowest BCUT2D eigenvalue weighted by Crippen LogP contribution is -2.40. The predicted molar refractivity (Wildman–Crippen MR) is 123 cm³/mol. The molecule has 2 aliphatic rings. The van der Waals surface area contributed by atoms with Crippen LogP contribution in [0.5, 0.6) is 0 Å². The molecule has 0 aromatic carbocycles. The summed E-state index contributed by atoms with van der Waals surface area (Å²) in [6.45, 7) is 4.34. The first-order valence-corrected chi connectivity index (χ1v) is 12.1. The molecule has 0 bridgehead atoms. The number of carbonyl (C=O) groups is 2. The van der Waals surface area contributed by atoms with Crippen LogP contribution in [0.25, 0.3) is 0 Å². The molecule has 0 saturated carbocycles. The molecular formula is C23H31N5O2S. The van der Waals surface area contributed by atoms with Crippen LogP contribution in [0.3, 0.4) is 0 Å². The lowest BCUT2D eigenvalue weighted by molar-refractivity contribution is -0.131. The number of fused-ring (bicyclic) bond motifs is 1. The molecule has 0 unspecified atom stereocenters. The van der Waals surface area contributed by atoms with Crippen LogP contribution in [0, 0.1) is 0 Å². The number of hydrogen-bond acceptors (Lipinski definition) is 5. The number of carbonyl (C=O) groups excluding carboxylic acids is 2. The van der Waals surface area contributed by atoms with Crippen molar-refractivity contribution in [3.8, 4) is 0 Å². The summed E-state index contributed by atoms with van der Waals surface area (Å²) in [6.07, 6.45) is 8.12. The van der Waals surface area contributed by atoms with E-state index in [1.807, 2.05) is 23.2 Å². The molecular weight excluding hydrogens is 410 g/mol. The zero-order chi connectivity index (χ0) is 21.5. The second-order valence-electron chi connectivity index (χ2n) is 8.22. The van der Waals surface area contributed by atoms with E-state index >= 15 is 0 Å². The largest absolute Gasteiger partial charge is 0.357 e. The molecule has 2 aliphatic heterocycles. The van der Waals surface area contributed by atoms with Gasteiger partial charge in [-0.2, -0.15) is 0 Å². The molecule has 31 heavy (non-hydrogen) atoms. The first-order valence-electron chi connectivity index (χ1n) is 11.2. The molecule has 0 aliphatic carbocycles. The van der Waals surface area contributed by atoms with Gasteiger partial charge in [0.25, 0.3) is 0 Å². The predicted octanol–water partition coefficient (Wildman–Crippen LogP) is 3.30. The minimum Gasteiger partial charge on any atom is -0.357 e. The van der Waals surface area contributed by atoms with Crippen molar-refractivity contribution in [2.45, 2.75) is 51.6 Å². The van der Waals surface area contributed by atoms with E-state index in [1.165, 1.54) is 36.1 Å². The van der Waals surface area contributed by atoms with Crippen LogP contribution in [0.2, 0.25) is 0 Å². The fourth-order valence-electron chi connectivity index (χ4n) is 4.16. The standard InChI is InChI=1S/C23H31N5O2S/c29-22(28-13-8-20-19(17-28)9-14-31-20)7-10-24-23(30)26-16-18-5-6-21(25-15-18)27-11-3-1-2-4-12-27/h5-6,9,14-15H,1-4,7-8,10-13,16-17H2,(H2,24,26,30). The lowest BCUT2D eigenvalue weighted by atomic mass is 10.1. The molecule has 3 amide bonds. The van der Waals surface area contributed by atoms with E-state index in [0.29, 0.717) is 26.1 Å². The van der Waals surface area contributed by atoms with Crippen molar-refractivity contribution in [2.24, 2.45) is 0 Å². The van der Waals surface area contributed by atoms with Crippen molar-refractivity contribution < 1.29 is 9.59 Å². The molecule has 166 valence electrons. The van der Waals surface area contributed by atoms with Gasteiger partial charge in [0.05, 0.1) is 0 Å². The van der Waals surface area contributed by atoms with Crippen LogP contribution in [-0.2, 0) is 24.3 Å². The first-order chi connectivity index (χ1) is 15.2. The van der Waals surface area contributed by atoms with Gasteiger partial charge in [-0.05, 0) is 47.9 Å². The van der Waals surface area contributed by atoms with E-state index in [2.05, 4.69) is 32.0 Å². The third-order valence-corrected chi connectivity index (χ3v) is 7.00. The van der Waals surface area contributed by atoms with Gasteiger partial charge in [0.1, 0.15) is 5.82 Å². The third-order valence-electron chi connectivity index (χ3n) is 5.98. The number of rotatable bonds is 6. The van der Waals surface area contributed by atoms with Crippen molar-refractivity contribution in [3.05, 3.63) is 45.8 Å². The Bertz CT molecular complexity index is 874. The molecule has 4 rings (SSSR count). The fourth-order valence-corrected chi connectivity index (χ4v) is 5.05. The lowest BCUT2D eigenvalue weighted by Gasteiger charge is -2.27. The zero-order valence-electron chi connectivity index (χ0n) is 17.9. The number of pyridine rings is 1. The topological polar surface area (TPSA) is 77.6 Å². The number of hydrogen-bond donors (Lipinski definition) is 2. The van der Waals surface area contributed by atoms with Gasteiger partial charge in [0.2, 0.25) is 5.91 Å². The minimum absolute atomic E-state index is 0.0884. The Morgan fingerprint density at radius 3 is 2.65 bits per heavy atom. The second kappa shape index (κ2) is 10.6. The fraction of sp³-hybridized carbons (Fsp3) is 0.522. The SMILES string of the molecule is O=C(NCCC(=O)N1CCc2sccc2C1)NCc1ccc(N2CCCCCC2)nc1. The van der Waals surface area contributed by atoms with Gasteiger partial charge < -0.3 is 20.4 Å². The summed E-state index contributed by atoms with van der Waals surface area (Å²) < 4.78 is 0. The van der Waals surface area contributed by atoms with Gasteiger partial charge in [-0.3, -0.25) is 4.79 Å². The Morgan fingerprint density at radius 1 is 1.03 bits per heavy atom. The first kappa shape index (κ1) is 21.6. The van der Waals surface area contributed by atoms with Crippen molar-refractivity contribution in [2.75, 3.05) is 31.1 Å². The summed E-state index contributed by atoms with van der Waals surface area (Å²) in [5.41, 5.74) is 2.22. The van der Waals surface area contributed by atoms with E-state index in [0.717, 1.165) is 37.4 Å². The van der Waals surface area contributed by atoms with Crippen molar-refractivity contribution >= 4 is 29.1 Å². The molecule has 1 fully saturated rings. The number of aromatic nitrogens is 1. The van der Waals surface area contributed by atoms with E-state index in [9.17, 15) is 9.59 Å². The summed E-state index contributed by atoms with van der Waals surface area (Å²) in [7, 11) is 0. The highest BCUT2D eigenvalue weighted by Crippen LogP contribution is 2.24. The highest BCUT2D eigenvalue weighted by atomic mass is 32.1. The highest BCUT2D eigenvalue weighted by molar-refractivity contribution is 7.10. The van der Waals surface area contributed by atoms with Crippen molar-refractivity contribution in [1.82, 2.24) is 20.5 Å². The molecule has 0 radical (unpaired) electrons. The molecule has 2 aromatic rings. The van der Waals surface area contributed by atoms with E-state index in [1.54, 1.807) is 11.3 Å². The molecule has 2 N–H and O–H groups in total. The molecule has 8 heteroatoms. The van der Waals surface area contributed by atoms with Crippen molar-refractivity contribution in [1.29, 1.82) is 0 Å². The minimum atomic E-state index is -0.261. The average molecular weight is 442 g/mol. The Morgan fingerprint density at radius 2 is 1.87 bits per heavy atom. The summed E-state index contributed by atoms with van der Waals surface area (Å²) in [6, 6.07) is 5.89. The van der Waals surface area contributed by atoms with Crippen molar-refractivity contribution in [3.63, 3.8) is 0 Å². The molecule has 7 nitrogen and oxygen atoms in total. The van der Waals surface area contributed by atoms with Gasteiger partial charge in [0.15, 0.2) is 0 Å². The zero-order valence-corrected chi connectivity index (χ0v) is 18.8. The Hall–Kier alpha value is -2.61. The Balaban J connectivity index is 1.15. The van der Waals surface area contributed by atoms with E-state index in [4.69, 9.17) is 0 Å². The Kier molecular flexibility index (Phi) is 7.40. The smallest absolute Gasteiger partial charge is 0.315 e. The van der Waals surface area contributed by atoms with Crippen LogP contribution in [-0.4, -0.2) is 48.0 Å². The molecule has 0 atom stereocenters. The maximum atomic E-state index is 12.4. The highest BCUT2D eigenvalue weighted by Gasteiger charge is 2.21. The summed E-state index contributed by atoms with van der Waals surface area (Å²) in [5.74, 6) is 1.10. The van der Waals surface area contributed by atoms with Gasteiger partial charge in [-0.1, -0.05) is 18.9 Å². The van der Waals surface area contributed by atoms with E-state index < -0.39 is 0 Å². The number of nitrogens with zero attached hydrogens (tertiary/aromatic N) is 3. The molecule has 2 aromatic heterocycles. The number of urea groups is 1. The van der Waals surface area contributed by atoms with Gasteiger partial charge in [-0.25, -0.2) is 9.78 Å². The molecule has 1 saturated heterocycles. The summed E-state index contributed by atoms with van der Waals surface area (Å²) in [4.78, 5) is 34.7. The number of nitrogens with one attached hydrogen (secondary N) is 2. The quantitative estimate of drug-likeness (QED) is 0.721. The van der Waals surface area contributed by atoms with Crippen LogP contribution < -0.4 is 15.5 Å². The third kappa shape index (κ3) is 5.97. The van der Waals surface area contributed by atoms with Crippen LogP contribution in [0.1, 0.15) is 48.1 Å². The second-order valence-corrected chi connectivity index (χ2v) is 9.22. The normalized spacial score (nSPS) is 16.4. The van der Waals surface area contributed by atoms with Crippen LogP contribution in [0.15, 0.2) is 29.8 Å². The molecule has 4 heterocycles. The number of anilines is 1. The van der Waals surface area contributed by atoms with Crippen LogP contribution in [0.4, 0.5) is 10.6 Å². The number of thiophene rings is 1. The molecule has 0 spiro atoms. The Labute approximate surface area is 187 Å². The van der Waals surface area contributed by atoms with Crippen LogP contribution >= 0.6 is 11.3 Å².